The van der Waals surface area contributed by atoms with Crippen molar-refractivity contribution in [2.75, 3.05) is 91.6 Å². The van der Waals surface area contributed by atoms with Gasteiger partial charge in [0.05, 0.1) is 9.79 Å². The van der Waals surface area contributed by atoms with E-state index in [1.165, 1.54) is 0 Å². The lowest BCUT2D eigenvalue weighted by Crippen LogP contribution is -2.44. The van der Waals surface area contributed by atoms with Crippen molar-refractivity contribution < 1.29 is 16.8 Å². The summed E-state index contributed by atoms with van der Waals surface area (Å²) in [5.41, 5.74) is 2.06. The summed E-state index contributed by atoms with van der Waals surface area (Å²) in [6.45, 7) is 13.0. The first-order valence-electron chi connectivity index (χ1n) is 14.2. The van der Waals surface area contributed by atoms with Crippen LogP contribution in [-0.2, 0) is 20.0 Å². The van der Waals surface area contributed by atoms with E-state index >= 15 is 0 Å². The van der Waals surface area contributed by atoms with E-state index in [2.05, 4.69) is 20.4 Å². The summed E-state index contributed by atoms with van der Waals surface area (Å²) in [6.07, 6.45) is 0. The van der Waals surface area contributed by atoms with Gasteiger partial charge in [0.1, 0.15) is 0 Å². The fraction of sp³-hybridized carbons (Fsp3) is 0.586. The van der Waals surface area contributed by atoms with Crippen LogP contribution < -0.4 is 10.6 Å². The minimum atomic E-state index is -3.57. The molecule has 0 unspecified atom stereocenters. The highest BCUT2D eigenvalue weighted by Crippen LogP contribution is 2.18. The van der Waals surface area contributed by atoms with E-state index in [4.69, 9.17) is 0 Å². The van der Waals surface area contributed by atoms with Crippen molar-refractivity contribution in [3.63, 3.8) is 0 Å². The van der Waals surface area contributed by atoms with Crippen LogP contribution in [0, 0.1) is 13.8 Å². The molecule has 0 atom stereocenters. The average molecular weight is 609 g/mol. The van der Waals surface area contributed by atoms with Crippen molar-refractivity contribution in [1.82, 2.24) is 29.0 Å². The Morgan fingerprint density at radius 1 is 0.537 bits per heavy atom. The molecule has 2 aliphatic heterocycles. The van der Waals surface area contributed by atoms with Crippen LogP contribution in [0.4, 0.5) is 0 Å². The summed E-state index contributed by atoms with van der Waals surface area (Å²) in [4.78, 5) is 5.27. The number of nitrogens with zero attached hydrogens (tertiary/aromatic N) is 4. The second-order valence-electron chi connectivity index (χ2n) is 10.6. The standard InChI is InChI=1S/C28H44N6O4S2.CH4/c1-25-3-7-27(8-4-25)39(35,36)33-17-13-29-11-15-31(21-23-33)19-20-32-16-12-30-14-18-34(24-22-32)40(37,38)28-9-5-26(2)6-10-28;/h3-10,29-30H,11-24H2,1-2H3;1H4. The van der Waals surface area contributed by atoms with Gasteiger partial charge in [-0.3, -0.25) is 9.80 Å². The van der Waals surface area contributed by atoms with Crippen LogP contribution in [0.25, 0.3) is 0 Å². The van der Waals surface area contributed by atoms with Crippen molar-refractivity contribution in [3.8, 4) is 0 Å². The van der Waals surface area contributed by atoms with Crippen molar-refractivity contribution in [2.24, 2.45) is 0 Å². The zero-order valence-electron chi connectivity index (χ0n) is 23.8. The Morgan fingerprint density at radius 3 is 1.24 bits per heavy atom. The zero-order chi connectivity index (χ0) is 28.6. The molecular formula is C29H48N6O4S2. The van der Waals surface area contributed by atoms with E-state index in [1.54, 1.807) is 32.9 Å². The molecule has 4 rings (SSSR count). The van der Waals surface area contributed by atoms with Crippen LogP contribution in [0.2, 0.25) is 0 Å². The smallest absolute Gasteiger partial charge is 0.243 e. The lowest BCUT2D eigenvalue weighted by molar-refractivity contribution is 0.197. The minimum absolute atomic E-state index is 0. The molecule has 10 nitrogen and oxygen atoms in total. The molecule has 2 aromatic rings. The Morgan fingerprint density at radius 2 is 0.878 bits per heavy atom. The third-order valence-corrected chi connectivity index (χ3v) is 11.5. The maximum absolute atomic E-state index is 13.3. The molecule has 230 valence electrons. The van der Waals surface area contributed by atoms with Gasteiger partial charge in [0, 0.05) is 91.6 Å². The summed E-state index contributed by atoms with van der Waals surface area (Å²) in [7, 11) is -7.13. The van der Waals surface area contributed by atoms with Crippen molar-refractivity contribution in [3.05, 3.63) is 59.7 Å². The van der Waals surface area contributed by atoms with Gasteiger partial charge in [-0.1, -0.05) is 42.8 Å². The highest BCUT2D eigenvalue weighted by Gasteiger charge is 2.27. The molecule has 2 heterocycles. The fourth-order valence-corrected chi connectivity index (χ4v) is 7.88. The lowest BCUT2D eigenvalue weighted by atomic mass is 10.2. The predicted octanol–water partition coefficient (Wildman–Crippen LogP) is 1.43. The third kappa shape index (κ3) is 9.29. The monoisotopic (exact) mass is 608 g/mol. The topological polar surface area (TPSA) is 105 Å². The van der Waals surface area contributed by atoms with Gasteiger partial charge in [-0.15, -0.1) is 0 Å². The summed E-state index contributed by atoms with van der Waals surface area (Å²) < 4.78 is 56.5. The maximum atomic E-state index is 13.3. The number of benzene rings is 2. The molecule has 12 heteroatoms. The van der Waals surface area contributed by atoms with Crippen LogP contribution >= 0.6 is 0 Å². The molecule has 2 saturated heterocycles. The lowest BCUT2D eigenvalue weighted by Gasteiger charge is -2.29. The summed E-state index contributed by atoms with van der Waals surface area (Å²) in [5.74, 6) is 0. The molecular weight excluding hydrogens is 560 g/mol. The average Bonchev–Trinajstić information content (AvgIpc) is 3.13. The van der Waals surface area contributed by atoms with E-state index in [9.17, 15) is 16.8 Å². The minimum Gasteiger partial charge on any atom is -0.314 e. The number of aryl methyl sites for hydroxylation is 2. The van der Waals surface area contributed by atoms with Gasteiger partial charge in [-0.25, -0.2) is 16.8 Å². The van der Waals surface area contributed by atoms with Crippen LogP contribution in [0.3, 0.4) is 0 Å². The first-order chi connectivity index (χ1) is 19.2. The molecule has 41 heavy (non-hydrogen) atoms. The first-order valence-corrected chi connectivity index (χ1v) is 17.0. The molecule has 0 spiro atoms. The molecule has 0 amide bonds. The SMILES string of the molecule is C.Cc1ccc(S(=O)(=O)N2CCNCCN(CCN3CCNCCN(S(=O)(=O)c4ccc(C)cc4)CC3)CC2)cc1. The molecule has 2 N–H and O–H groups in total. The third-order valence-electron chi connectivity index (χ3n) is 7.67. The van der Waals surface area contributed by atoms with Gasteiger partial charge in [0.15, 0.2) is 0 Å². The molecule has 2 aromatic carbocycles. The quantitative estimate of drug-likeness (QED) is 0.487. The maximum Gasteiger partial charge on any atom is 0.243 e. The van der Waals surface area contributed by atoms with Gasteiger partial charge in [0.25, 0.3) is 0 Å². The van der Waals surface area contributed by atoms with Crippen molar-refractivity contribution in [1.29, 1.82) is 0 Å². The number of rotatable bonds is 7. The molecule has 0 aromatic heterocycles. The largest absolute Gasteiger partial charge is 0.314 e. The van der Waals surface area contributed by atoms with Gasteiger partial charge < -0.3 is 10.6 Å². The summed E-state index contributed by atoms with van der Waals surface area (Å²) in [6, 6.07) is 14.1. The Bertz CT molecular complexity index is 1190. The van der Waals surface area contributed by atoms with Crippen LogP contribution in [0.5, 0.6) is 0 Å². The zero-order valence-corrected chi connectivity index (χ0v) is 25.4. The Balaban J connectivity index is 0.00000462. The predicted molar refractivity (Wildman–Crippen MR) is 165 cm³/mol. The second kappa shape index (κ2) is 15.5. The Labute approximate surface area is 247 Å². The van der Waals surface area contributed by atoms with Gasteiger partial charge in [0.2, 0.25) is 20.0 Å². The summed E-state index contributed by atoms with van der Waals surface area (Å²) >= 11 is 0. The Kier molecular flexibility index (Phi) is 12.7. The number of hydrogen-bond acceptors (Lipinski definition) is 8. The first kappa shape index (κ1) is 33.6. The van der Waals surface area contributed by atoms with Crippen molar-refractivity contribution in [2.45, 2.75) is 31.1 Å². The van der Waals surface area contributed by atoms with Crippen LogP contribution in [0.1, 0.15) is 18.6 Å². The highest BCUT2D eigenvalue weighted by atomic mass is 32.2. The van der Waals surface area contributed by atoms with E-state index in [-0.39, 0.29) is 7.43 Å². The Hall–Kier alpha value is -1.90. The highest BCUT2D eigenvalue weighted by molar-refractivity contribution is 7.89. The van der Waals surface area contributed by atoms with Crippen LogP contribution in [-0.4, -0.2) is 127 Å². The van der Waals surface area contributed by atoms with Crippen LogP contribution in [0.15, 0.2) is 58.3 Å². The number of nitrogens with one attached hydrogen (secondary N) is 2. The van der Waals surface area contributed by atoms with Gasteiger partial charge in [-0.2, -0.15) is 8.61 Å². The molecule has 0 bridgehead atoms. The number of hydrogen-bond donors (Lipinski definition) is 2. The molecule has 2 aliphatic rings. The van der Waals surface area contributed by atoms with Crippen molar-refractivity contribution >= 4 is 20.0 Å². The van der Waals surface area contributed by atoms with E-state index in [1.807, 2.05) is 38.1 Å². The molecule has 0 aliphatic carbocycles. The van der Waals surface area contributed by atoms with Gasteiger partial charge in [-0.05, 0) is 38.1 Å². The number of sulfonamides is 2. The summed E-state index contributed by atoms with van der Waals surface area (Å²) in [5, 5.41) is 6.76. The molecule has 2 fully saturated rings. The fourth-order valence-electron chi connectivity index (χ4n) is 5.01. The van der Waals surface area contributed by atoms with Gasteiger partial charge >= 0.3 is 0 Å². The second-order valence-corrected chi connectivity index (χ2v) is 14.5. The van der Waals surface area contributed by atoms with E-state index in [0.717, 1.165) is 50.4 Å². The molecule has 0 saturated carbocycles. The van der Waals surface area contributed by atoms with E-state index in [0.29, 0.717) is 62.1 Å². The normalized spacial score (nSPS) is 20.0. The van der Waals surface area contributed by atoms with E-state index < -0.39 is 20.0 Å². The molecule has 0 radical (unpaired) electrons.